The van der Waals surface area contributed by atoms with Gasteiger partial charge in [-0.3, -0.25) is 4.79 Å². The summed E-state index contributed by atoms with van der Waals surface area (Å²) in [5.74, 6) is 0.179. The van der Waals surface area contributed by atoms with Crippen molar-refractivity contribution in [3.8, 4) is 0 Å². The molecule has 4 heteroatoms. The molecular formula is C15H21IN2O. The highest BCUT2D eigenvalue weighted by Gasteiger charge is 2.26. The number of likely N-dealkylation sites (N-methyl/N-ethyl adjacent to an activating group) is 1. The highest BCUT2D eigenvalue weighted by Crippen LogP contribution is 2.16. The first-order valence-corrected chi connectivity index (χ1v) is 7.94. The molecule has 104 valence electrons. The van der Waals surface area contributed by atoms with Gasteiger partial charge in [0.2, 0.25) is 0 Å². The Kier molecular flexibility index (Phi) is 5.21. The minimum absolute atomic E-state index is 0.179. The van der Waals surface area contributed by atoms with E-state index in [2.05, 4.69) is 46.4 Å². The van der Waals surface area contributed by atoms with E-state index in [-0.39, 0.29) is 5.91 Å². The monoisotopic (exact) mass is 372 g/mol. The zero-order chi connectivity index (χ0) is 13.8. The fourth-order valence-corrected chi connectivity index (χ4v) is 2.98. The Morgan fingerprint density at radius 2 is 2.00 bits per heavy atom. The molecule has 1 aliphatic heterocycles. The topological polar surface area (TPSA) is 23.6 Å². The molecule has 1 heterocycles. The fourth-order valence-electron chi connectivity index (χ4n) is 2.62. The number of carbonyl (C=O) groups is 1. The lowest BCUT2D eigenvalue weighted by atomic mass is 10.1. The molecule has 3 nitrogen and oxygen atoms in total. The van der Waals surface area contributed by atoms with E-state index >= 15 is 0 Å². The number of benzene rings is 1. The molecule has 0 aromatic heterocycles. The van der Waals surface area contributed by atoms with Crippen LogP contribution in [-0.4, -0.2) is 48.4 Å². The van der Waals surface area contributed by atoms with Crippen LogP contribution >= 0.6 is 22.6 Å². The van der Waals surface area contributed by atoms with Gasteiger partial charge in [0.05, 0.1) is 0 Å². The van der Waals surface area contributed by atoms with E-state index < -0.39 is 0 Å². The predicted octanol–water partition coefficient (Wildman–Crippen LogP) is 2.85. The zero-order valence-electron chi connectivity index (χ0n) is 11.6. The maximum Gasteiger partial charge on any atom is 0.254 e. The lowest BCUT2D eigenvalue weighted by molar-refractivity contribution is 0.0675. The molecule has 0 N–H and O–H groups in total. The minimum Gasteiger partial charge on any atom is -0.334 e. The summed E-state index contributed by atoms with van der Waals surface area (Å²) in [6, 6.07) is 8.20. The van der Waals surface area contributed by atoms with E-state index in [9.17, 15) is 4.79 Å². The van der Waals surface area contributed by atoms with Gasteiger partial charge in [0.15, 0.2) is 0 Å². The number of rotatable bonds is 2. The van der Waals surface area contributed by atoms with Crippen LogP contribution in [0.5, 0.6) is 0 Å². The molecule has 0 bridgehead atoms. The Morgan fingerprint density at radius 3 is 2.63 bits per heavy atom. The van der Waals surface area contributed by atoms with Crippen LogP contribution in [0.4, 0.5) is 0 Å². The maximum absolute atomic E-state index is 12.6. The van der Waals surface area contributed by atoms with Gasteiger partial charge in [0.25, 0.3) is 5.91 Å². The van der Waals surface area contributed by atoms with E-state index in [1.807, 2.05) is 24.3 Å². The van der Waals surface area contributed by atoms with E-state index in [1.54, 1.807) is 0 Å². The van der Waals surface area contributed by atoms with Gasteiger partial charge in [0.1, 0.15) is 0 Å². The molecule has 1 atom stereocenters. The summed E-state index contributed by atoms with van der Waals surface area (Å²) in [5, 5.41) is 0. The van der Waals surface area contributed by atoms with Crippen LogP contribution in [0.3, 0.4) is 0 Å². The molecule has 1 aliphatic rings. The van der Waals surface area contributed by atoms with E-state index in [1.165, 1.54) is 0 Å². The van der Waals surface area contributed by atoms with Crippen LogP contribution < -0.4 is 0 Å². The Labute approximate surface area is 129 Å². The summed E-state index contributed by atoms with van der Waals surface area (Å²) in [4.78, 5) is 17.0. The van der Waals surface area contributed by atoms with Crippen molar-refractivity contribution in [3.63, 3.8) is 0 Å². The highest BCUT2D eigenvalue weighted by molar-refractivity contribution is 14.1. The van der Waals surface area contributed by atoms with Crippen molar-refractivity contribution >= 4 is 28.5 Å². The van der Waals surface area contributed by atoms with E-state index in [4.69, 9.17) is 0 Å². The zero-order valence-corrected chi connectivity index (χ0v) is 13.8. The largest absolute Gasteiger partial charge is 0.334 e. The standard InChI is InChI=1S/C15H21IN2O/c1-3-14-11-17(2)9-4-10-18(14)15(19)12-5-7-13(16)8-6-12/h5-8,14H,3-4,9-11H2,1-2H3. The smallest absolute Gasteiger partial charge is 0.254 e. The van der Waals surface area contributed by atoms with Crippen LogP contribution in [0.25, 0.3) is 0 Å². The third kappa shape index (κ3) is 3.69. The van der Waals surface area contributed by atoms with Crippen molar-refractivity contribution in [1.29, 1.82) is 0 Å². The molecule has 1 aromatic rings. The van der Waals surface area contributed by atoms with Crippen molar-refractivity contribution in [2.24, 2.45) is 0 Å². The van der Waals surface area contributed by atoms with Crippen molar-refractivity contribution in [2.75, 3.05) is 26.7 Å². The van der Waals surface area contributed by atoms with Gasteiger partial charge in [0, 0.05) is 28.3 Å². The third-order valence-electron chi connectivity index (χ3n) is 3.73. The molecule has 0 spiro atoms. The molecule has 0 aliphatic carbocycles. The summed E-state index contributed by atoms with van der Waals surface area (Å²) >= 11 is 2.26. The van der Waals surface area contributed by atoms with Crippen LogP contribution in [0.15, 0.2) is 24.3 Å². The molecule has 2 rings (SSSR count). The lowest BCUT2D eigenvalue weighted by Crippen LogP contribution is -2.43. The van der Waals surface area contributed by atoms with Crippen LogP contribution in [0.2, 0.25) is 0 Å². The Bertz CT molecular complexity index is 432. The van der Waals surface area contributed by atoms with Gasteiger partial charge in [-0.1, -0.05) is 6.92 Å². The average molecular weight is 372 g/mol. The second kappa shape index (κ2) is 6.70. The first-order chi connectivity index (χ1) is 9.11. The molecule has 0 radical (unpaired) electrons. The van der Waals surface area contributed by atoms with E-state index in [0.29, 0.717) is 6.04 Å². The fraction of sp³-hybridized carbons (Fsp3) is 0.533. The molecule has 0 saturated carbocycles. The molecule has 1 aromatic carbocycles. The summed E-state index contributed by atoms with van der Waals surface area (Å²) in [6.45, 7) is 5.09. The number of amides is 1. The summed E-state index contributed by atoms with van der Waals surface area (Å²) in [7, 11) is 2.14. The number of halogens is 1. The molecule has 1 fully saturated rings. The number of hydrogen-bond acceptors (Lipinski definition) is 2. The SMILES string of the molecule is CCC1CN(C)CCCN1C(=O)c1ccc(I)cc1. The van der Waals surface area contributed by atoms with Crippen LogP contribution in [0.1, 0.15) is 30.1 Å². The van der Waals surface area contributed by atoms with Gasteiger partial charge in [-0.05, 0) is 73.3 Å². The summed E-state index contributed by atoms with van der Waals surface area (Å²) in [5.41, 5.74) is 0.809. The highest BCUT2D eigenvalue weighted by atomic mass is 127. The first kappa shape index (κ1) is 14.8. The molecular weight excluding hydrogens is 351 g/mol. The van der Waals surface area contributed by atoms with Crippen molar-refractivity contribution in [2.45, 2.75) is 25.8 Å². The average Bonchev–Trinajstić information content (AvgIpc) is 2.60. The molecule has 1 unspecified atom stereocenters. The second-order valence-electron chi connectivity index (χ2n) is 5.18. The normalized spacial score (nSPS) is 21.2. The Hall–Kier alpha value is -0.620. The van der Waals surface area contributed by atoms with Gasteiger partial charge in [-0.2, -0.15) is 0 Å². The van der Waals surface area contributed by atoms with Crippen molar-refractivity contribution in [3.05, 3.63) is 33.4 Å². The number of nitrogens with zero attached hydrogens (tertiary/aromatic N) is 2. The van der Waals surface area contributed by atoms with Crippen molar-refractivity contribution < 1.29 is 4.79 Å². The van der Waals surface area contributed by atoms with Gasteiger partial charge < -0.3 is 9.80 Å². The molecule has 1 saturated heterocycles. The van der Waals surface area contributed by atoms with Gasteiger partial charge in [-0.25, -0.2) is 0 Å². The van der Waals surface area contributed by atoms with E-state index in [0.717, 1.165) is 41.6 Å². The lowest BCUT2D eigenvalue weighted by Gasteiger charge is -2.30. The first-order valence-electron chi connectivity index (χ1n) is 6.87. The van der Waals surface area contributed by atoms with Gasteiger partial charge >= 0.3 is 0 Å². The quantitative estimate of drug-likeness (QED) is 0.746. The third-order valence-corrected chi connectivity index (χ3v) is 4.44. The summed E-state index contributed by atoms with van der Waals surface area (Å²) < 4.78 is 1.16. The van der Waals surface area contributed by atoms with Crippen LogP contribution in [0, 0.1) is 3.57 Å². The number of carbonyl (C=O) groups excluding carboxylic acids is 1. The minimum atomic E-state index is 0.179. The number of hydrogen-bond donors (Lipinski definition) is 0. The van der Waals surface area contributed by atoms with Crippen molar-refractivity contribution in [1.82, 2.24) is 9.80 Å². The Balaban J connectivity index is 2.17. The molecule has 1 amide bonds. The second-order valence-corrected chi connectivity index (χ2v) is 6.43. The molecule has 19 heavy (non-hydrogen) atoms. The van der Waals surface area contributed by atoms with Crippen LogP contribution in [-0.2, 0) is 0 Å². The van der Waals surface area contributed by atoms with Gasteiger partial charge in [-0.15, -0.1) is 0 Å². The maximum atomic E-state index is 12.6. The Morgan fingerprint density at radius 1 is 1.32 bits per heavy atom. The predicted molar refractivity (Wildman–Crippen MR) is 86.4 cm³/mol. The summed E-state index contributed by atoms with van der Waals surface area (Å²) in [6.07, 6.45) is 2.07.